The van der Waals surface area contributed by atoms with Crippen LogP contribution in [0.2, 0.25) is 10.0 Å². The SMILES string of the molecule is CC(=O)N1CCC[C@@H]1C(=O)NC[C@H](NC(=O)c1c(Cl)cc(CNC(=O)C=Cc2ccco2)cc1Cl)C(=O)O. The molecule has 4 N–H and O–H groups in total. The number of furan rings is 1. The van der Waals surface area contributed by atoms with Crippen molar-refractivity contribution in [3.8, 4) is 0 Å². The number of amides is 4. The maximum atomic E-state index is 12.8. The molecular formula is C25H26Cl2N4O7. The fourth-order valence-electron chi connectivity index (χ4n) is 3.90. The largest absolute Gasteiger partial charge is 0.480 e. The lowest BCUT2D eigenvalue weighted by atomic mass is 10.1. The highest BCUT2D eigenvalue weighted by molar-refractivity contribution is 6.39. The van der Waals surface area contributed by atoms with E-state index in [9.17, 15) is 29.1 Å². The van der Waals surface area contributed by atoms with Crippen LogP contribution < -0.4 is 16.0 Å². The molecule has 1 aliphatic heterocycles. The minimum atomic E-state index is -1.48. The van der Waals surface area contributed by atoms with E-state index in [0.29, 0.717) is 30.7 Å². The standard InChI is InChI=1S/C25H26Cl2N4O7/c1-14(32)31-8-2-5-20(31)23(34)29-13-19(25(36)37)30-24(35)22-17(26)10-15(11-18(22)27)12-28-21(33)7-6-16-4-3-9-38-16/h3-4,6-7,9-11,19-20H,2,5,8,12-13H2,1H3,(H,28,33)(H,29,34)(H,30,35)(H,36,37)/t19-,20+/m0/s1. The number of halogens is 2. The molecule has 1 aliphatic rings. The number of hydrogen-bond donors (Lipinski definition) is 4. The summed E-state index contributed by atoms with van der Waals surface area (Å²) in [5.41, 5.74) is 0.349. The number of nitrogens with one attached hydrogen (secondary N) is 3. The van der Waals surface area contributed by atoms with Gasteiger partial charge in [-0.2, -0.15) is 0 Å². The monoisotopic (exact) mass is 564 g/mol. The molecule has 0 radical (unpaired) electrons. The zero-order valence-corrected chi connectivity index (χ0v) is 21.8. The zero-order chi connectivity index (χ0) is 27.8. The van der Waals surface area contributed by atoms with Gasteiger partial charge in [-0.15, -0.1) is 0 Å². The molecule has 202 valence electrons. The van der Waals surface area contributed by atoms with Gasteiger partial charge in [0.2, 0.25) is 17.7 Å². The Balaban J connectivity index is 1.59. The summed E-state index contributed by atoms with van der Waals surface area (Å²) in [5, 5.41) is 16.9. The number of aliphatic carboxylic acids is 1. The van der Waals surface area contributed by atoms with Gasteiger partial charge in [0.05, 0.1) is 21.9 Å². The van der Waals surface area contributed by atoms with Crippen molar-refractivity contribution in [2.24, 2.45) is 0 Å². The summed E-state index contributed by atoms with van der Waals surface area (Å²) < 4.78 is 5.11. The number of rotatable bonds is 10. The molecular weight excluding hydrogens is 539 g/mol. The predicted octanol–water partition coefficient (Wildman–Crippen LogP) is 2.23. The van der Waals surface area contributed by atoms with Crippen LogP contribution in [-0.2, 0) is 25.7 Å². The Bertz CT molecular complexity index is 1220. The van der Waals surface area contributed by atoms with E-state index in [2.05, 4.69) is 16.0 Å². The second kappa shape index (κ2) is 13.1. The topological polar surface area (TPSA) is 158 Å². The predicted molar refractivity (Wildman–Crippen MR) is 138 cm³/mol. The number of carbonyl (C=O) groups excluding carboxylic acids is 4. The fraction of sp³-hybridized carbons (Fsp3) is 0.320. The van der Waals surface area contributed by atoms with Crippen LogP contribution in [0.1, 0.15) is 41.4 Å². The number of hydrogen-bond acceptors (Lipinski definition) is 6. The van der Waals surface area contributed by atoms with Crippen LogP contribution in [0.25, 0.3) is 6.08 Å². The van der Waals surface area contributed by atoms with Crippen LogP contribution in [0.15, 0.2) is 41.0 Å². The van der Waals surface area contributed by atoms with E-state index >= 15 is 0 Å². The highest BCUT2D eigenvalue weighted by Gasteiger charge is 2.33. The molecule has 1 fully saturated rings. The first-order valence-electron chi connectivity index (χ1n) is 11.6. The number of nitrogens with zero attached hydrogens (tertiary/aromatic N) is 1. The minimum Gasteiger partial charge on any atom is -0.480 e. The summed E-state index contributed by atoms with van der Waals surface area (Å²) >= 11 is 12.5. The zero-order valence-electron chi connectivity index (χ0n) is 20.3. The van der Waals surface area contributed by atoms with Gasteiger partial charge in [0.15, 0.2) is 0 Å². The summed E-state index contributed by atoms with van der Waals surface area (Å²) in [4.78, 5) is 62.2. The Morgan fingerprint density at radius 3 is 2.50 bits per heavy atom. The van der Waals surface area contributed by atoms with Gasteiger partial charge in [0.1, 0.15) is 17.8 Å². The van der Waals surface area contributed by atoms with Crippen molar-refractivity contribution in [2.45, 2.75) is 38.4 Å². The molecule has 0 saturated carbocycles. The van der Waals surface area contributed by atoms with Gasteiger partial charge >= 0.3 is 5.97 Å². The highest BCUT2D eigenvalue weighted by Crippen LogP contribution is 2.27. The number of carbonyl (C=O) groups is 5. The quantitative estimate of drug-likeness (QED) is 0.322. The lowest BCUT2D eigenvalue weighted by Crippen LogP contribution is -2.52. The minimum absolute atomic E-state index is 0.0541. The molecule has 2 heterocycles. The maximum absolute atomic E-state index is 12.8. The average molecular weight is 565 g/mol. The second-order valence-corrected chi connectivity index (χ2v) is 9.30. The van der Waals surface area contributed by atoms with E-state index < -0.39 is 42.3 Å². The van der Waals surface area contributed by atoms with Crippen molar-refractivity contribution in [3.63, 3.8) is 0 Å². The molecule has 0 spiro atoms. The van der Waals surface area contributed by atoms with E-state index in [0.717, 1.165) is 0 Å². The first-order valence-corrected chi connectivity index (χ1v) is 12.4. The van der Waals surface area contributed by atoms with Crippen molar-refractivity contribution in [2.75, 3.05) is 13.1 Å². The third-order valence-corrected chi connectivity index (χ3v) is 6.38. The Morgan fingerprint density at radius 2 is 1.89 bits per heavy atom. The number of benzene rings is 1. The van der Waals surface area contributed by atoms with Gasteiger partial charge in [-0.25, -0.2) is 4.79 Å². The van der Waals surface area contributed by atoms with Crippen LogP contribution in [0.3, 0.4) is 0 Å². The molecule has 3 rings (SSSR count). The van der Waals surface area contributed by atoms with Crippen molar-refractivity contribution in [1.82, 2.24) is 20.9 Å². The number of carboxylic acids is 1. The fourth-order valence-corrected chi connectivity index (χ4v) is 4.61. The summed E-state index contributed by atoms with van der Waals surface area (Å²) in [7, 11) is 0. The van der Waals surface area contributed by atoms with Crippen LogP contribution in [0.5, 0.6) is 0 Å². The highest BCUT2D eigenvalue weighted by atomic mass is 35.5. The summed E-state index contributed by atoms with van der Waals surface area (Å²) in [6.07, 6.45) is 5.40. The van der Waals surface area contributed by atoms with Gasteiger partial charge in [-0.1, -0.05) is 23.2 Å². The van der Waals surface area contributed by atoms with E-state index in [-0.39, 0.29) is 28.1 Å². The third kappa shape index (κ3) is 7.59. The molecule has 0 aliphatic carbocycles. The lowest BCUT2D eigenvalue weighted by molar-refractivity contribution is -0.140. The molecule has 13 heteroatoms. The maximum Gasteiger partial charge on any atom is 0.328 e. The molecule has 1 aromatic carbocycles. The van der Waals surface area contributed by atoms with Gasteiger partial charge < -0.3 is 30.4 Å². The smallest absolute Gasteiger partial charge is 0.328 e. The van der Waals surface area contributed by atoms with Crippen molar-refractivity contribution in [1.29, 1.82) is 0 Å². The van der Waals surface area contributed by atoms with Gasteiger partial charge in [0.25, 0.3) is 5.91 Å². The number of likely N-dealkylation sites (tertiary alicyclic amines) is 1. The van der Waals surface area contributed by atoms with Gasteiger partial charge in [0, 0.05) is 32.6 Å². The summed E-state index contributed by atoms with van der Waals surface area (Å²) in [6.45, 7) is 1.46. The van der Waals surface area contributed by atoms with E-state index in [1.54, 1.807) is 12.1 Å². The van der Waals surface area contributed by atoms with E-state index in [4.69, 9.17) is 27.6 Å². The van der Waals surface area contributed by atoms with E-state index in [1.807, 2.05) is 0 Å². The first kappa shape index (κ1) is 28.7. The lowest BCUT2D eigenvalue weighted by Gasteiger charge is -2.23. The van der Waals surface area contributed by atoms with Crippen molar-refractivity contribution >= 4 is 58.9 Å². The molecule has 11 nitrogen and oxygen atoms in total. The normalized spacial score (nSPS) is 15.8. The molecule has 38 heavy (non-hydrogen) atoms. The van der Waals surface area contributed by atoms with Gasteiger partial charge in [-0.3, -0.25) is 19.2 Å². The molecule has 2 aromatic rings. The van der Waals surface area contributed by atoms with E-state index in [1.165, 1.54) is 42.4 Å². The molecule has 4 amide bonds. The first-order chi connectivity index (χ1) is 18.1. The molecule has 1 saturated heterocycles. The van der Waals surface area contributed by atoms with Crippen molar-refractivity contribution in [3.05, 3.63) is 63.5 Å². The Morgan fingerprint density at radius 1 is 1.18 bits per heavy atom. The molecule has 1 aromatic heterocycles. The molecule has 0 bridgehead atoms. The second-order valence-electron chi connectivity index (χ2n) is 8.48. The summed E-state index contributed by atoms with van der Waals surface area (Å²) in [6, 6.07) is 4.06. The Kier molecular flexibility index (Phi) is 9.91. The van der Waals surface area contributed by atoms with Crippen LogP contribution in [0, 0.1) is 0 Å². The van der Waals surface area contributed by atoms with Crippen LogP contribution >= 0.6 is 23.2 Å². The Labute approximate surface area is 228 Å². The summed E-state index contributed by atoms with van der Waals surface area (Å²) in [5.74, 6) is -2.88. The van der Waals surface area contributed by atoms with Gasteiger partial charge in [-0.05, 0) is 48.7 Å². The molecule has 2 atom stereocenters. The molecule has 0 unspecified atom stereocenters. The van der Waals surface area contributed by atoms with Crippen LogP contribution in [0.4, 0.5) is 0 Å². The van der Waals surface area contributed by atoms with Crippen molar-refractivity contribution < 1.29 is 33.5 Å². The third-order valence-electron chi connectivity index (χ3n) is 5.78. The number of carboxylic acid groups (broad SMARTS) is 1. The average Bonchev–Trinajstić information content (AvgIpc) is 3.55. The Hall–Kier alpha value is -3.83. The van der Waals surface area contributed by atoms with Crippen LogP contribution in [-0.4, -0.2) is 64.8 Å².